The zero-order valence-corrected chi connectivity index (χ0v) is 6.21. The molecule has 2 aliphatic carbocycles. The van der Waals surface area contributed by atoms with Crippen LogP contribution in [0.15, 0.2) is 0 Å². The molecule has 3 atom stereocenters. The van der Waals surface area contributed by atoms with Gasteiger partial charge in [-0.3, -0.25) is 0 Å². The summed E-state index contributed by atoms with van der Waals surface area (Å²) in [5, 5.41) is 9.62. The molecule has 58 valence electrons. The minimum Gasteiger partial charge on any atom is -0.390 e. The van der Waals surface area contributed by atoms with Gasteiger partial charge in [-0.1, -0.05) is 0 Å². The van der Waals surface area contributed by atoms with Crippen LogP contribution in [0.1, 0.15) is 25.7 Å². The monoisotopic (exact) mass is 141 g/mol. The topological polar surface area (TPSA) is 46.2 Å². The van der Waals surface area contributed by atoms with E-state index in [4.69, 9.17) is 5.73 Å². The summed E-state index contributed by atoms with van der Waals surface area (Å²) in [6.45, 7) is 0.812. The van der Waals surface area contributed by atoms with Gasteiger partial charge < -0.3 is 10.8 Å². The van der Waals surface area contributed by atoms with Crippen LogP contribution in [0.2, 0.25) is 0 Å². The van der Waals surface area contributed by atoms with E-state index in [1.165, 1.54) is 6.42 Å². The molecule has 0 amide bonds. The van der Waals surface area contributed by atoms with Gasteiger partial charge in [0.15, 0.2) is 0 Å². The highest BCUT2D eigenvalue weighted by molar-refractivity contribution is 5.06. The standard InChI is InChI=1S/C8H15NO/c9-5-6-1-2-8(10)4-7(8)3-6/h6-7,10H,1-5,9H2/t6-,7?,8+/m1/s1. The van der Waals surface area contributed by atoms with E-state index >= 15 is 0 Å². The van der Waals surface area contributed by atoms with Crippen LogP contribution in [0.5, 0.6) is 0 Å². The molecule has 2 aliphatic rings. The van der Waals surface area contributed by atoms with E-state index in [9.17, 15) is 5.11 Å². The highest BCUT2D eigenvalue weighted by Crippen LogP contribution is 2.54. The van der Waals surface area contributed by atoms with Crippen LogP contribution in [0, 0.1) is 11.8 Å². The van der Waals surface area contributed by atoms with Crippen molar-refractivity contribution >= 4 is 0 Å². The zero-order chi connectivity index (χ0) is 7.19. The van der Waals surface area contributed by atoms with Crippen LogP contribution in [0.25, 0.3) is 0 Å². The predicted molar refractivity (Wildman–Crippen MR) is 39.5 cm³/mol. The SMILES string of the molecule is NC[C@@H]1CC[C@]2(O)CC2C1. The van der Waals surface area contributed by atoms with E-state index in [1.807, 2.05) is 0 Å². The molecule has 2 saturated carbocycles. The molecule has 3 N–H and O–H groups in total. The van der Waals surface area contributed by atoms with Crippen molar-refractivity contribution in [2.24, 2.45) is 17.6 Å². The van der Waals surface area contributed by atoms with Gasteiger partial charge >= 0.3 is 0 Å². The average Bonchev–Trinajstić information content (AvgIpc) is 2.59. The van der Waals surface area contributed by atoms with Crippen molar-refractivity contribution in [1.29, 1.82) is 0 Å². The number of aliphatic hydroxyl groups is 1. The van der Waals surface area contributed by atoms with Crippen LogP contribution < -0.4 is 5.73 Å². The molecule has 2 heteroatoms. The molecule has 0 aromatic rings. The summed E-state index contributed by atoms with van der Waals surface area (Å²) in [5.74, 6) is 1.31. The molecule has 0 bridgehead atoms. The number of hydrogen-bond donors (Lipinski definition) is 2. The molecule has 2 fully saturated rings. The Morgan fingerprint density at radius 3 is 3.00 bits per heavy atom. The molecule has 0 heterocycles. The van der Waals surface area contributed by atoms with Gasteiger partial charge in [-0.2, -0.15) is 0 Å². The second-order valence-electron chi connectivity index (χ2n) is 3.88. The normalized spacial score (nSPS) is 52.2. The van der Waals surface area contributed by atoms with Crippen LogP contribution in [0.4, 0.5) is 0 Å². The first-order chi connectivity index (χ1) is 4.74. The lowest BCUT2D eigenvalue weighted by molar-refractivity contribution is 0.0861. The third-order valence-corrected chi connectivity index (χ3v) is 3.14. The lowest BCUT2D eigenvalue weighted by Gasteiger charge is -2.23. The fourth-order valence-electron chi connectivity index (χ4n) is 2.17. The number of hydrogen-bond acceptors (Lipinski definition) is 2. The maximum atomic E-state index is 9.62. The minimum atomic E-state index is -0.230. The summed E-state index contributed by atoms with van der Waals surface area (Å²) in [5.41, 5.74) is 5.31. The smallest absolute Gasteiger partial charge is 0.0680 e. The maximum absolute atomic E-state index is 9.62. The van der Waals surface area contributed by atoms with Crippen molar-refractivity contribution in [3.63, 3.8) is 0 Å². The Kier molecular flexibility index (Phi) is 1.29. The Morgan fingerprint density at radius 1 is 1.60 bits per heavy atom. The molecule has 0 aromatic carbocycles. The first-order valence-electron chi connectivity index (χ1n) is 4.17. The van der Waals surface area contributed by atoms with Gasteiger partial charge in [0.05, 0.1) is 5.60 Å². The largest absolute Gasteiger partial charge is 0.390 e. The van der Waals surface area contributed by atoms with E-state index in [-0.39, 0.29) is 5.60 Å². The Morgan fingerprint density at radius 2 is 2.40 bits per heavy atom. The van der Waals surface area contributed by atoms with Crippen LogP contribution in [0.3, 0.4) is 0 Å². The molecule has 2 rings (SSSR count). The summed E-state index contributed by atoms with van der Waals surface area (Å²) in [4.78, 5) is 0. The van der Waals surface area contributed by atoms with Gasteiger partial charge in [0.1, 0.15) is 0 Å². The van der Waals surface area contributed by atoms with E-state index in [0.29, 0.717) is 11.8 Å². The molecule has 0 aliphatic heterocycles. The Balaban J connectivity index is 1.93. The molecule has 2 nitrogen and oxygen atoms in total. The van der Waals surface area contributed by atoms with E-state index < -0.39 is 0 Å². The summed E-state index contributed by atoms with van der Waals surface area (Å²) in [6.07, 6.45) is 4.36. The summed E-state index contributed by atoms with van der Waals surface area (Å²) in [7, 11) is 0. The van der Waals surface area contributed by atoms with Crippen LogP contribution in [-0.4, -0.2) is 17.3 Å². The highest BCUT2D eigenvalue weighted by atomic mass is 16.3. The van der Waals surface area contributed by atoms with Crippen molar-refractivity contribution in [2.75, 3.05) is 6.54 Å². The Bertz CT molecular complexity index is 148. The average molecular weight is 141 g/mol. The Labute approximate surface area is 61.4 Å². The third-order valence-electron chi connectivity index (χ3n) is 3.14. The fraction of sp³-hybridized carbons (Fsp3) is 1.00. The van der Waals surface area contributed by atoms with Crippen molar-refractivity contribution in [1.82, 2.24) is 0 Å². The first kappa shape index (κ1) is 6.62. The van der Waals surface area contributed by atoms with E-state index in [1.54, 1.807) is 0 Å². The van der Waals surface area contributed by atoms with Crippen LogP contribution >= 0.6 is 0 Å². The molecular formula is C8H15NO. The van der Waals surface area contributed by atoms with Crippen LogP contribution in [-0.2, 0) is 0 Å². The summed E-state index contributed by atoms with van der Waals surface area (Å²) in [6, 6.07) is 0. The van der Waals surface area contributed by atoms with E-state index in [0.717, 1.165) is 25.8 Å². The molecule has 0 aromatic heterocycles. The van der Waals surface area contributed by atoms with Gasteiger partial charge in [-0.05, 0) is 44.1 Å². The second kappa shape index (κ2) is 1.95. The highest BCUT2D eigenvalue weighted by Gasteiger charge is 2.55. The summed E-state index contributed by atoms with van der Waals surface area (Å²) >= 11 is 0. The van der Waals surface area contributed by atoms with Crippen molar-refractivity contribution in [3.8, 4) is 0 Å². The Hall–Kier alpha value is -0.0800. The molecule has 10 heavy (non-hydrogen) atoms. The number of nitrogens with two attached hydrogens (primary N) is 1. The quantitative estimate of drug-likeness (QED) is 0.558. The molecule has 0 radical (unpaired) electrons. The molecule has 0 saturated heterocycles. The number of fused-ring (bicyclic) bond motifs is 1. The molecule has 1 unspecified atom stereocenters. The zero-order valence-electron chi connectivity index (χ0n) is 6.21. The third kappa shape index (κ3) is 0.867. The van der Waals surface area contributed by atoms with Gasteiger partial charge in [-0.15, -0.1) is 0 Å². The predicted octanol–water partition coefficient (Wildman–Crippen LogP) is 0.496. The fourth-order valence-corrected chi connectivity index (χ4v) is 2.17. The van der Waals surface area contributed by atoms with Crippen molar-refractivity contribution in [3.05, 3.63) is 0 Å². The summed E-state index contributed by atoms with van der Waals surface area (Å²) < 4.78 is 0. The maximum Gasteiger partial charge on any atom is 0.0680 e. The molecular weight excluding hydrogens is 126 g/mol. The van der Waals surface area contributed by atoms with E-state index in [2.05, 4.69) is 0 Å². The molecule has 0 spiro atoms. The van der Waals surface area contributed by atoms with Crippen molar-refractivity contribution in [2.45, 2.75) is 31.3 Å². The van der Waals surface area contributed by atoms with Gasteiger partial charge in [0.2, 0.25) is 0 Å². The first-order valence-corrected chi connectivity index (χ1v) is 4.17. The second-order valence-corrected chi connectivity index (χ2v) is 3.88. The minimum absolute atomic E-state index is 0.230. The van der Waals surface area contributed by atoms with Gasteiger partial charge in [0, 0.05) is 0 Å². The number of rotatable bonds is 1. The van der Waals surface area contributed by atoms with Gasteiger partial charge in [0.25, 0.3) is 0 Å². The lowest BCUT2D eigenvalue weighted by atomic mass is 9.88. The van der Waals surface area contributed by atoms with Crippen molar-refractivity contribution < 1.29 is 5.11 Å². The lowest BCUT2D eigenvalue weighted by Crippen LogP contribution is -2.25. The van der Waals surface area contributed by atoms with Gasteiger partial charge in [-0.25, -0.2) is 0 Å².